The van der Waals surface area contributed by atoms with Crippen molar-refractivity contribution < 1.29 is 0 Å². The summed E-state index contributed by atoms with van der Waals surface area (Å²) in [5, 5.41) is 7.70. The van der Waals surface area contributed by atoms with Gasteiger partial charge < -0.3 is 10.6 Å². The van der Waals surface area contributed by atoms with Gasteiger partial charge in [-0.1, -0.05) is 19.8 Å². The molecule has 0 aliphatic heterocycles. The smallest absolute Gasteiger partial charge is 0.224 e. The van der Waals surface area contributed by atoms with Crippen molar-refractivity contribution in [2.24, 2.45) is 0 Å². The third kappa shape index (κ3) is 2.46. The predicted octanol–water partition coefficient (Wildman–Crippen LogP) is 1.56. The van der Waals surface area contributed by atoms with E-state index in [1.807, 2.05) is 7.05 Å². The number of hydrogen-bond donors (Lipinski definition) is 2. The summed E-state index contributed by atoms with van der Waals surface area (Å²) >= 11 is 0. The van der Waals surface area contributed by atoms with E-state index >= 15 is 0 Å². The quantitative estimate of drug-likeness (QED) is 0.767. The first-order chi connectivity index (χ1) is 8.22. The Hall–Kier alpha value is -1.85. The van der Waals surface area contributed by atoms with Gasteiger partial charge in [0.05, 0.1) is 11.6 Å². The second-order valence-electron chi connectivity index (χ2n) is 4.17. The lowest BCUT2D eigenvalue weighted by atomic mass is 10.2. The fourth-order valence-corrected chi connectivity index (χ4v) is 1.83. The maximum Gasteiger partial charge on any atom is 0.224 e. The summed E-state index contributed by atoms with van der Waals surface area (Å²) in [4.78, 5) is 10.5. The molecule has 0 aliphatic carbocycles. The molecule has 2 aromatic heterocycles. The first-order valence-electron chi connectivity index (χ1n) is 5.90. The molecule has 0 atom stereocenters. The molecule has 0 unspecified atom stereocenters. The number of hydrogen-bond acceptors (Lipinski definition) is 5. The summed E-state index contributed by atoms with van der Waals surface area (Å²) < 4.78 is 0. The third-order valence-corrected chi connectivity index (χ3v) is 2.77. The molecule has 17 heavy (non-hydrogen) atoms. The van der Waals surface area contributed by atoms with E-state index in [0.29, 0.717) is 5.65 Å². The molecule has 3 N–H and O–H groups in total. The van der Waals surface area contributed by atoms with E-state index < -0.39 is 0 Å². The van der Waals surface area contributed by atoms with E-state index in [1.54, 1.807) is 6.20 Å². The molecule has 0 radical (unpaired) electrons. The van der Waals surface area contributed by atoms with Gasteiger partial charge in [-0.3, -0.25) is 5.10 Å². The van der Waals surface area contributed by atoms with E-state index in [4.69, 9.17) is 5.73 Å². The number of nitrogens with zero attached hydrogens (tertiary/aromatic N) is 4. The number of H-pyrrole nitrogens is 1. The molecule has 0 fully saturated rings. The number of nitrogen functional groups attached to an aromatic ring is 1. The Labute approximate surface area is 100 Å². The minimum atomic E-state index is 0.277. The summed E-state index contributed by atoms with van der Waals surface area (Å²) in [6.07, 6.45) is 5.32. The molecule has 0 amide bonds. The first-order valence-corrected chi connectivity index (χ1v) is 5.90. The first kappa shape index (κ1) is 11.6. The van der Waals surface area contributed by atoms with Crippen LogP contribution in [0.1, 0.15) is 26.2 Å². The van der Waals surface area contributed by atoms with Crippen LogP contribution in [0, 0.1) is 0 Å². The van der Waals surface area contributed by atoms with Gasteiger partial charge >= 0.3 is 0 Å². The molecular formula is C11H18N6. The fourth-order valence-electron chi connectivity index (χ4n) is 1.83. The average Bonchev–Trinajstić information content (AvgIpc) is 2.75. The lowest BCUT2D eigenvalue weighted by Gasteiger charge is -2.18. The van der Waals surface area contributed by atoms with Crippen molar-refractivity contribution in [3.63, 3.8) is 0 Å². The van der Waals surface area contributed by atoms with E-state index in [9.17, 15) is 0 Å². The molecule has 0 saturated carbocycles. The van der Waals surface area contributed by atoms with Crippen molar-refractivity contribution >= 4 is 22.8 Å². The SMILES string of the molecule is CCCCCN(C)c1nc(N)nc2[nH]ncc12. The number of rotatable bonds is 5. The molecule has 0 aromatic carbocycles. The minimum absolute atomic E-state index is 0.277. The minimum Gasteiger partial charge on any atom is -0.368 e. The van der Waals surface area contributed by atoms with Gasteiger partial charge in [0, 0.05) is 13.6 Å². The van der Waals surface area contributed by atoms with Crippen LogP contribution in [0.2, 0.25) is 0 Å². The lowest BCUT2D eigenvalue weighted by Crippen LogP contribution is -2.20. The molecule has 6 heteroatoms. The van der Waals surface area contributed by atoms with E-state index in [0.717, 1.165) is 24.2 Å². The van der Waals surface area contributed by atoms with Crippen LogP contribution in [0.5, 0.6) is 0 Å². The van der Waals surface area contributed by atoms with Crippen LogP contribution >= 0.6 is 0 Å². The zero-order valence-corrected chi connectivity index (χ0v) is 10.3. The Morgan fingerprint density at radius 3 is 2.94 bits per heavy atom. The second kappa shape index (κ2) is 4.99. The lowest BCUT2D eigenvalue weighted by molar-refractivity contribution is 0.702. The molecule has 92 valence electrons. The number of nitrogens with one attached hydrogen (secondary N) is 1. The van der Waals surface area contributed by atoms with Crippen molar-refractivity contribution in [2.75, 3.05) is 24.2 Å². The van der Waals surface area contributed by atoms with Gasteiger partial charge in [-0.05, 0) is 6.42 Å². The molecular weight excluding hydrogens is 216 g/mol. The van der Waals surface area contributed by atoms with Crippen LogP contribution in [0.25, 0.3) is 11.0 Å². The zero-order chi connectivity index (χ0) is 12.3. The Morgan fingerprint density at radius 2 is 2.18 bits per heavy atom. The highest BCUT2D eigenvalue weighted by molar-refractivity contribution is 5.87. The second-order valence-corrected chi connectivity index (χ2v) is 4.17. The van der Waals surface area contributed by atoms with Gasteiger partial charge in [0.15, 0.2) is 5.65 Å². The van der Waals surface area contributed by atoms with Gasteiger partial charge in [0.25, 0.3) is 0 Å². The Bertz CT molecular complexity index is 492. The summed E-state index contributed by atoms with van der Waals surface area (Å²) in [6.45, 7) is 3.15. The number of nitrogens with two attached hydrogens (primary N) is 1. The van der Waals surface area contributed by atoms with Gasteiger partial charge in [-0.25, -0.2) is 0 Å². The van der Waals surface area contributed by atoms with Crippen LogP contribution in [0.4, 0.5) is 11.8 Å². The molecule has 0 spiro atoms. The van der Waals surface area contributed by atoms with E-state index in [1.165, 1.54) is 12.8 Å². The highest BCUT2D eigenvalue weighted by Crippen LogP contribution is 2.22. The van der Waals surface area contributed by atoms with Gasteiger partial charge in [0.1, 0.15) is 5.82 Å². The summed E-state index contributed by atoms with van der Waals surface area (Å²) in [6, 6.07) is 0. The molecule has 0 bridgehead atoms. The third-order valence-electron chi connectivity index (χ3n) is 2.77. The topological polar surface area (TPSA) is 83.7 Å². The Morgan fingerprint density at radius 1 is 1.35 bits per heavy atom. The van der Waals surface area contributed by atoms with Crippen LogP contribution in [-0.2, 0) is 0 Å². The van der Waals surface area contributed by atoms with Crippen LogP contribution in [0.3, 0.4) is 0 Å². The molecule has 2 heterocycles. The number of aromatic nitrogens is 4. The van der Waals surface area contributed by atoms with Gasteiger partial charge in [-0.2, -0.15) is 15.1 Å². The maximum atomic E-state index is 5.68. The van der Waals surface area contributed by atoms with Crippen molar-refractivity contribution in [3.05, 3.63) is 6.20 Å². The summed E-state index contributed by atoms with van der Waals surface area (Å²) in [5.41, 5.74) is 6.37. The highest BCUT2D eigenvalue weighted by Gasteiger charge is 2.11. The number of fused-ring (bicyclic) bond motifs is 1. The monoisotopic (exact) mass is 234 g/mol. The fraction of sp³-hybridized carbons (Fsp3) is 0.545. The molecule has 2 aromatic rings. The van der Waals surface area contributed by atoms with Gasteiger partial charge in [0.2, 0.25) is 5.95 Å². The van der Waals surface area contributed by atoms with E-state index in [2.05, 4.69) is 32.0 Å². The van der Waals surface area contributed by atoms with Crippen molar-refractivity contribution in [2.45, 2.75) is 26.2 Å². The molecule has 2 rings (SSSR count). The molecule has 0 aliphatic rings. The predicted molar refractivity (Wildman–Crippen MR) is 68.9 cm³/mol. The standard InChI is InChI=1S/C11H18N6/c1-3-4-5-6-17(2)10-8-7-13-16-9(8)14-11(12)15-10/h7H,3-6H2,1-2H3,(H3,12,13,14,15,16). The number of unbranched alkanes of at least 4 members (excludes halogenated alkanes) is 2. The Kier molecular flexibility index (Phi) is 3.41. The number of anilines is 2. The maximum absolute atomic E-state index is 5.68. The summed E-state index contributed by atoms with van der Waals surface area (Å²) in [5.74, 6) is 1.12. The van der Waals surface area contributed by atoms with E-state index in [-0.39, 0.29) is 5.95 Å². The van der Waals surface area contributed by atoms with Gasteiger partial charge in [-0.15, -0.1) is 0 Å². The molecule has 6 nitrogen and oxygen atoms in total. The number of aromatic amines is 1. The molecule has 0 saturated heterocycles. The average molecular weight is 234 g/mol. The normalized spacial score (nSPS) is 10.9. The summed E-state index contributed by atoms with van der Waals surface area (Å²) in [7, 11) is 2.02. The van der Waals surface area contributed by atoms with Crippen LogP contribution in [0.15, 0.2) is 6.20 Å². The zero-order valence-electron chi connectivity index (χ0n) is 10.3. The van der Waals surface area contributed by atoms with Crippen molar-refractivity contribution in [3.8, 4) is 0 Å². The van der Waals surface area contributed by atoms with Crippen molar-refractivity contribution in [1.29, 1.82) is 0 Å². The highest BCUT2D eigenvalue weighted by atomic mass is 15.2. The Balaban J connectivity index is 2.24. The largest absolute Gasteiger partial charge is 0.368 e. The van der Waals surface area contributed by atoms with Crippen LogP contribution < -0.4 is 10.6 Å². The van der Waals surface area contributed by atoms with Crippen LogP contribution in [-0.4, -0.2) is 33.8 Å². The van der Waals surface area contributed by atoms with Crippen molar-refractivity contribution in [1.82, 2.24) is 20.2 Å².